The minimum atomic E-state index is -0.552. The molecule has 0 bridgehead atoms. The zero-order chi connectivity index (χ0) is 29.5. The average molecular weight is 642 g/mol. The van der Waals surface area contributed by atoms with Gasteiger partial charge in [-0.3, -0.25) is 9.59 Å². The average Bonchev–Trinajstić information content (AvgIpc) is 3.76. The van der Waals surface area contributed by atoms with E-state index in [4.69, 9.17) is 4.74 Å². The third-order valence-electron chi connectivity index (χ3n) is 7.66. The fourth-order valence-electron chi connectivity index (χ4n) is 5.52. The van der Waals surface area contributed by atoms with Crippen LogP contribution in [-0.2, 0) is 22.7 Å². The molecule has 1 fully saturated rings. The van der Waals surface area contributed by atoms with Crippen LogP contribution in [0.5, 0.6) is 0 Å². The normalized spacial score (nSPS) is 16.4. The molecular formula is C31H25BrFN7O3. The number of carbonyl (C=O) groups is 2. The van der Waals surface area contributed by atoms with Crippen LogP contribution in [0.2, 0.25) is 0 Å². The summed E-state index contributed by atoms with van der Waals surface area (Å²) in [5.41, 5.74) is 3.41. The summed E-state index contributed by atoms with van der Waals surface area (Å²) in [4.78, 5) is 33.0. The Morgan fingerprint density at radius 1 is 1.05 bits per heavy atom. The number of halogens is 2. The molecule has 2 aromatic heterocycles. The van der Waals surface area contributed by atoms with E-state index in [-0.39, 0.29) is 29.5 Å². The number of imidazole rings is 1. The Hall–Kier alpha value is -4.68. The van der Waals surface area contributed by atoms with Crippen LogP contribution in [0.3, 0.4) is 0 Å². The molecule has 1 unspecified atom stereocenters. The minimum absolute atomic E-state index is 0.109. The van der Waals surface area contributed by atoms with E-state index in [2.05, 4.69) is 36.5 Å². The van der Waals surface area contributed by atoms with Gasteiger partial charge in [-0.15, -0.1) is 5.10 Å². The number of amides is 2. The minimum Gasteiger partial charge on any atom is -0.373 e. The van der Waals surface area contributed by atoms with Gasteiger partial charge in [0.05, 0.1) is 25.1 Å². The third kappa shape index (κ3) is 5.12. The number of anilines is 2. The summed E-state index contributed by atoms with van der Waals surface area (Å²) in [6, 6.07) is 20.9. The first-order valence-electron chi connectivity index (χ1n) is 13.8. The van der Waals surface area contributed by atoms with Gasteiger partial charge in [-0.1, -0.05) is 51.5 Å². The predicted octanol–water partition coefficient (Wildman–Crippen LogP) is 5.47. The first-order valence-corrected chi connectivity index (χ1v) is 14.6. The Bertz CT molecular complexity index is 1840. The second-order valence-corrected chi connectivity index (χ2v) is 11.2. The summed E-state index contributed by atoms with van der Waals surface area (Å²) < 4.78 is 25.0. The van der Waals surface area contributed by atoms with E-state index in [1.165, 1.54) is 22.9 Å². The fourth-order valence-corrected chi connectivity index (χ4v) is 5.78. The van der Waals surface area contributed by atoms with Crippen LogP contribution in [0.4, 0.5) is 15.8 Å². The van der Waals surface area contributed by atoms with E-state index in [1.54, 1.807) is 11.1 Å². The Kier molecular flexibility index (Phi) is 7.07. The van der Waals surface area contributed by atoms with Gasteiger partial charge < -0.3 is 19.5 Å². The summed E-state index contributed by atoms with van der Waals surface area (Å²) >= 11 is 3.41. The van der Waals surface area contributed by atoms with Gasteiger partial charge in [0.2, 0.25) is 0 Å². The van der Waals surface area contributed by atoms with Crippen LogP contribution in [0.25, 0.3) is 22.6 Å². The molecule has 2 amide bonds. The van der Waals surface area contributed by atoms with Crippen molar-refractivity contribution < 1.29 is 18.7 Å². The number of aromatic nitrogens is 5. The molecule has 43 heavy (non-hydrogen) atoms. The number of benzene rings is 3. The van der Waals surface area contributed by atoms with Crippen LogP contribution in [0.1, 0.15) is 28.6 Å². The number of ether oxygens (including phenoxy) is 1. The Labute approximate surface area is 254 Å². The largest absolute Gasteiger partial charge is 0.373 e. The molecule has 2 aliphatic rings. The smallest absolute Gasteiger partial charge is 0.276 e. The molecule has 0 radical (unpaired) electrons. The lowest BCUT2D eigenvalue weighted by molar-refractivity contribution is -0.120. The van der Waals surface area contributed by atoms with Crippen molar-refractivity contribution in [2.45, 2.75) is 25.6 Å². The number of nitrogens with one attached hydrogen (secondary N) is 1. The number of carbonyl (C=O) groups excluding carboxylic acids is 2. The van der Waals surface area contributed by atoms with Crippen molar-refractivity contribution in [3.8, 4) is 22.6 Å². The lowest BCUT2D eigenvalue weighted by atomic mass is 10.1. The van der Waals surface area contributed by atoms with Crippen LogP contribution >= 0.6 is 15.9 Å². The van der Waals surface area contributed by atoms with Gasteiger partial charge in [-0.25, -0.2) is 14.1 Å². The van der Waals surface area contributed by atoms with Crippen molar-refractivity contribution in [2.75, 3.05) is 23.4 Å². The maximum Gasteiger partial charge on any atom is 0.276 e. The lowest BCUT2D eigenvalue weighted by Crippen LogP contribution is -2.28. The highest BCUT2D eigenvalue weighted by molar-refractivity contribution is 9.10. The lowest BCUT2D eigenvalue weighted by Gasteiger charge is -2.18. The number of fused-ring (bicyclic) bond motifs is 1. The Morgan fingerprint density at radius 2 is 1.86 bits per heavy atom. The molecule has 0 aliphatic carbocycles. The van der Waals surface area contributed by atoms with E-state index in [9.17, 15) is 9.59 Å². The fraction of sp³-hybridized carbons (Fsp3) is 0.194. The topological polar surface area (TPSA) is 107 Å². The van der Waals surface area contributed by atoms with Crippen molar-refractivity contribution >= 4 is 39.1 Å². The van der Waals surface area contributed by atoms with E-state index in [0.717, 1.165) is 15.7 Å². The molecule has 3 aromatic carbocycles. The van der Waals surface area contributed by atoms with Crippen molar-refractivity contribution in [1.29, 1.82) is 0 Å². The first-order chi connectivity index (χ1) is 21.0. The van der Waals surface area contributed by atoms with Crippen LogP contribution in [0.15, 0.2) is 83.5 Å². The molecular weight excluding hydrogens is 617 g/mol. The summed E-state index contributed by atoms with van der Waals surface area (Å²) in [5.74, 6) is -0.372. The van der Waals surface area contributed by atoms with Crippen molar-refractivity contribution in [3.05, 3.63) is 101 Å². The highest BCUT2D eigenvalue weighted by Gasteiger charge is 2.35. The van der Waals surface area contributed by atoms with Crippen molar-refractivity contribution in [3.63, 3.8) is 0 Å². The molecule has 216 valence electrons. The number of nitrogens with zero attached hydrogens (tertiary/aromatic N) is 6. The van der Waals surface area contributed by atoms with E-state index in [0.29, 0.717) is 43.3 Å². The summed E-state index contributed by atoms with van der Waals surface area (Å²) in [6.45, 7) is 1.91. The van der Waals surface area contributed by atoms with Gasteiger partial charge in [0.15, 0.2) is 5.69 Å². The third-order valence-corrected chi connectivity index (χ3v) is 8.19. The molecule has 7 rings (SSSR count). The second kappa shape index (κ2) is 11.2. The molecule has 1 saturated heterocycles. The molecule has 2 aliphatic heterocycles. The Balaban J connectivity index is 1.12. The summed E-state index contributed by atoms with van der Waals surface area (Å²) in [5, 5.41) is 11.2. The predicted molar refractivity (Wildman–Crippen MR) is 161 cm³/mol. The number of hydrogen-bond acceptors (Lipinski definition) is 6. The van der Waals surface area contributed by atoms with Gasteiger partial charge in [0.25, 0.3) is 11.8 Å². The van der Waals surface area contributed by atoms with Crippen LogP contribution in [0, 0.1) is 5.82 Å². The van der Waals surface area contributed by atoms with E-state index < -0.39 is 17.8 Å². The van der Waals surface area contributed by atoms with E-state index in [1.807, 2.05) is 59.2 Å². The number of hydrogen-bond donors (Lipinski definition) is 1. The molecule has 4 heterocycles. The first kappa shape index (κ1) is 27.2. The molecule has 10 nitrogen and oxygen atoms in total. The van der Waals surface area contributed by atoms with Gasteiger partial charge in [0, 0.05) is 40.1 Å². The van der Waals surface area contributed by atoms with Gasteiger partial charge in [-0.05, 0) is 48.9 Å². The maximum atomic E-state index is 15.0. The second-order valence-electron chi connectivity index (χ2n) is 10.3. The van der Waals surface area contributed by atoms with Gasteiger partial charge in [0.1, 0.15) is 23.4 Å². The monoisotopic (exact) mass is 641 g/mol. The molecule has 1 N–H and O–H groups in total. The zero-order valence-corrected chi connectivity index (χ0v) is 24.4. The molecule has 0 saturated carbocycles. The van der Waals surface area contributed by atoms with Crippen LogP contribution < -0.4 is 10.2 Å². The SMILES string of the molecule is O=C(Nc1ccc(F)c(-c2cn(C3CCN(c4ccc(Br)cc4)C3=O)nn2)c1)c1nc(-c2ccccc2)n2c1COCC2. The highest BCUT2D eigenvalue weighted by Crippen LogP contribution is 2.31. The van der Waals surface area contributed by atoms with Crippen molar-refractivity contribution in [1.82, 2.24) is 24.5 Å². The molecule has 0 spiro atoms. The number of rotatable bonds is 6. The highest BCUT2D eigenvalue weighted by atomic mass is 79.9. The zero-order valence-electron chi connectivity index (χ0n) is 22.8. The standard InChI is InChI=1S/C31H25BrFN7O3/c32-20-6-9-22(10-7-20)38-13-12-26(31(38)42)40-17-25(36-37-40)23-16-21(8-11-24(23)33)34-30(41)28-27-18-43-15-14-39(27)29(35-28)19-4-2-1-3-5-19/h1-11,16-17,26H,12-15,18H2,(H,34,41). The summed E-state index contributed by atoms with van der Waals surface area (Å²) in [7, 11) is 0. The summed E-state index contributed by atoms with van der Waals surface area (Å²) in [6.07, 6.45) is 2.10. The van der Waals surface area contributed by atoms with Crippen molar-refractivity contribution in [2.24, 2.45) is 0 Å². The van der Waals surface area contributed by atoms with Crippen LogP contribution in [-0.4, -0.2) is 49.5 Å². The van der Waals surface area contributed by atoms with E-state index >= 15 is 4.39 Å². The quantitative estimate of drug-likeness (QED) is 0.263. The maximum absolute atomic E-state index is 15.0. The molecule has 5 aromatic rings. The van der Waals surface area contributed by atoms with Gasteiger partial charge in [-0.2, -0.15) is 0 Å². The Morgan fingerprint density at radius 3 is 2.67 bits per heavy atom. The molecule has 1 atom stereocenters. The molecule has 12 heteroatoms. The van der Waals surface area contributed by atoms with Gasteiger partial charge >= 0.3 is 0 Å².